The Hall–Kier alpha value is -1.56. The standard InChI is InChI=1S/C17H24BrN3O2/c18-14-8-4-7-13(9-14)15(21-17(19)23)10-16(22)20-11-12-5-2-1-3-6-12/h4,7-9,12,15H,1-3,5-6,10-11H2,(H,20,22)(H3,19,21,23)/t15-/m0/s1. The van der Waals surface area contributed by atoms with Crippen molar-refractivity contribution in [2.24, 2.45) is 11.7 Å². The van der Waals surface area contributed by atoms with Crippen molar-refractivity contribution in [3.63, 3.8) is 0 Å². The van der Waals surface area contributed by atoms with E-state index in [4.69, 9.17) is 5.73 Å². The van der Waals surface area contributed by atoms with Crippen LogP contribution in [0.2, 0.25) is 0 Å². The number of nitrogens with two attached hydrogens (primary N) is 1. The van der Waals surface area contributed by atoms with Crippen LogP contribution in [0.25, 0.3) is 0 Å². The molecule has 1 aliphatic rings. The minimum absolute atomic E-state index is 0.0608. The summed E-state index contributed by atoms with van der Waals surface area (Å²) >= 11 is 3.40. The summed E-state index contributed by atoms with van der Waals surface area (Å²) in [6, 6.07) is 6.48. The number of urea groups is 1. The van der Waals surface area contributed by atoms with Crippen LogP contribution in [0.4, 0.5) is 4.79 Å². The lowest BCUT2D eigenvalue weighted by molar-refractivity contribution is -0.121. The molecule has 3 amide bonds. The average Bonchev–Trinajstić information content (AvgIpc) is 2.53. The maximum Gasteiger partial charge on any atom is 0.312 e. The van der Waals surface area contributed by atoms with E-state index < -0.39 is 12.1 Å². The van der Waals surface area contributed by atoms with Gasteiger partial charge in [0.2, 0.25) is 5.91 Å². The van der Waals surface area contributed by atoms with E-state index in [1.807, 2.05) is 24.3 Å². The quantitative estimate of drug-likeness (QED) is 0.706. The maximum atomic E-state index is 12.2. The molecule has 1 fully saturated rings. The molecule has 0 saturated heterocycles. The van der Waals surface area contributed by atoms with Crippen LogP contribution >= 0.6 is 15.9 Å². The van der Waals surface area contributed by atoms with E-state index in [0.717, 1.165) is 16.6 Å². The fourth-order valence-electron chi connectivity index (χ4n) is 3.05. The van der Waals surface area contributed by atoms with Crippen LogP contribution in [-0.4, -0.2) is 18.5 Å². The van der Waals surface area contributed by atoms with Crippen LogP contribution in [0.15, 0.2) is 28.7 Å². The number of benzene rings is 1. The third-order valence-electron chi connectivity index (χ3n) is 4.27. The molecule has 1 aromatic carbocycles. The van der Waals surface area contributed by atoms with Gasteiger partial charge in [-0.25, -0.2) is 4.79 Å². The molecule has 5 nitrogen and oxygen atoms in total. The Labute approximate surface area is 145 Å². The van der Waals surface area contributed by atoms with E-state index in [-0.39, 0.29) is 12.3 Å². The summed E-state index contributed by atoms with van der Waals surface area (Å²) in [4.78, 5) is 23.4. The van der Waals surface area contributed by atoms with Gasteiger partial charge in [-0.3, -0.25) is 4.79 Å². The molecule has 23 heavy (non-hydrogen) atoms. The third-order valence-corrected chi connectivity index (χ3v) is 4.76. The van der Waals surface area contributed by atoms with Gasteiger partial charge in [0, 0.05) is 11.0 Å². The van der Waals surface area contributed by atoms with Crippen LogP contribution < -0.4 is 16.4 Å². The maximum absolute atomic E-state index is 12.2. The second kappa shape index (κ2) is 8.91. The first kappa shape index (κ1) is 17.8. The highest BCUT2D eigenvalue weighted by molar-refractivity contribution is 9.10. The number of primary amides is 1. The lowest BCUT2D eigenvalue weighted by atomic mass is 9.89. The second-order valence-electron chi connectivity index (χ2n) is 6.13. The number of rotatable bonds is 6. The topological polar surface area (TPSA) is 84.2 Å². The zero-order valence-corrected chi connectivity index (χ0v) is 14.8. The van der Waals surface area contributed by atoms with E-state index >= 15 is 0 Å². The van der Waals surface area contributed by atoms with Gasteiger partial charge in [-0.15, -0.1) is 0 Å². The Morgan fingerprint density at radius 2 is 2.00 bits per heavy atom. The molecule has 2 rings (SSSR count). The molecule has 1 atom stereocenters. The first-order chi connectivity index (χ1) is 11.0. The molecule has 6 heteroatoms. The summed E-state index contributed by atoms with van der Waals surface area (Å²) in [5.41, 5.74) is 6.09. The zero-order chi connectivity index (χ0) is 16.7. The van der Waals surface area contributed by atoms with Crippen molar-refractivity contribution in [2.75, 3.05) is 6.54 Å². The number of hydrogen-bond donors (Lipinski definition) is 3. The number of amides is 3. The highest BCUT2D eigenvalue weighted by atomic mass is 79.9. The van der Waals surface area contributed by atoms with E-state index in [1.54, 1.807) is 0 Å². The Morgan fingerprint density at radius 3 is 2.65 bits per heavy atom. The van der Waals surface area contributed by atoms with Gasteiger partial charge in [0.05, 0.1) is 12.5 Å². The number of hydrogen-bond acceptors (Lipinski definition) is 2. The molecule has 1 aliphatic carbocycles. The summed E-state index contributed by atoms with van der Waals surface area (Å²) in [5, 5.41) is 5.65. The van der Waals surface area contributed by atoms with Gasteiger partial charge in [-0.2, -0.15) is 0 Å². The SMILES string of the molecule is NC(=O)N[C@@H](CC(=O)NCC1CCCCC1)c1cccc(Br)c1. The van der Waals surface area contributed by atoms with Crippen LogP contribution in [0, 0.1) is 5.92 Å². The lowest BCUT2D eigenvalue weighted by Gasteiger charge is -2.23. The summed E-state index contributed by atoms with van der Waals surface area (Å²) in [5.74, 6) is 0.524. The van der Waals surface area contributed by atoms with Crippen LogP contribution in [-0.2, 0) is 4.79 Å². The van der Waals surface area contributed by atoms with Crippen molar-refractivity contribution in [3.8, 4) is 0 Å². The van der Waals surface area contributed by atoms with Gasteiger partial charge in [0.1, 0.15) is 0 Å². The van der Waals surface area contributed by atoms with Crippen molar-refractivity contribution in [1.29, 1.82) is 0 Å². The first-order valence-corrected chi connectivity index (χ1v) is 8.92. The molecule has 0 heterocycles. The van der Waals surface area contributed by atoms with Crippen molar-refractivity contribution in [1.82, 2.24) is 10.6 Å². The molecule has 0 unspecified atom stereocenters. The minimum Gasteiger partial charge on any atom is -0.356 e. The number of nitrogens with one attached hydrogen (secondary N) is 2. The summed E-state index contributed by atoms with van der Waals surface area (Å²) in [6.07, 6.45) is 6.38. The normalized spacial score (nSPS) is 16.6. The van der Waals surface area contributed by atoms with Gasteiger partial charge < -0.3 is 16.4 Å². The van der Waals surface area contributed by atoms with E-state index in [0.29, 0.717) is 5.92 Å². The summed E-state index contributed by atoms with van der Waals surface area (Å²) < 4.78 is 0.897. The molecule has 0 bridgehead atoms. The molecule has 4 N–H and O–H groups in total. The van der Waals surface area contributed by atoms with E-state index in [1.165, 1.54) is 32.1 Å². The Kier molecular flexibility index (Phi) is 6.89. The number of halogens is 1. The summed E-state index contributed by atoms with van der Waals surface area (Å²) in [7, 11) is 0. The molecule has 0 spiro atoms. The minimum atomic E-state index is -0.630. The molecule has 0 aliphatic heterocycles. The van der Waals surface area contributed by atoms with Crippen LogP contribution in [0.3, 0.4) is 0 Å². The molecule has 1 saturated carbocycles. The average molecular weight is 382 g/mol. The largest absolute Gasteiger partial charge is 0.356 e. The highest BCUT2D eigenvalue weighted by Crippen LogP contribution is 2.23. The number of carbonyl (C=O) groups is 2. The molecule has 1 aromatic rings. The Balaban J connectivity index is 1.91. The van der Waals surface area contributed by atoms with Gasteiger partial charge in [0.25, 0.3) is 0 Å². The Morgan fingerprint density at radius 1 is 1.26 bits per heavy atom. The molecular formula is C17H24BrN3O2. The molecule has 0 radical (unpaired) electrons. The predicted molar refractivity (Wildman–Crippen MR) is 93.8 cm³/mol. The highest BCUT2D eigenvalue weighted by Gasteiger charge is 2.19. The van der Waals surface area contributed by atoms with Gasteiger partial charge >= 0.3 is 6.03 Å². The predicted octanol–water partition coefficient (Wildman–Crippen LogP) is 3.25. The van der Waals surface area contributed by atoms with Gasteiger partial charge in [-0.05, 0) is 36.5 Å². The van der Waals surface area contributed by atoms with Crippen molar-refractivity contribution in [3.05, 3.63) is 34.3 Å². The third kappa shape index (κ3) is 6.22. The number of carbonyl (C=O) groups excluding carboxylic acids is 2. The zero-order valence-electron chi connectivity index (χ0n) is 13.2. The van der Waals surface area contributed by atoms with Gasteiger partial charge in [-0.1, -0.05) is 47.3 Å². The van der Waals surface area contributed by atoms with E-state index in [9.17, 15) is 9.59 Å². The Bertz CT molecular complexity index is 544. The van der Waals surface area contributed by atoms with E-state index in [2.05, 4.69) is 26.6 Å². The van der Waals surface area contributed by atoms with Gasteiger partial charge in [0.15, 0.2) is 0 Å². The van der Waals surface area contributed by atoms with Crippen molar-refractivity contribution in [2.45, 2.75) is 44.6 Å². The molecular weight excluding hydrogens is 358 g/mol. The van der Waals surface area contributed by atoms with Crippen molar-refractivity contribution >= 4 is 27.9 Å². The van der Waals surface area contributed by atoms with Crippen LogP contribution in [0.1, 0.15) is 50.1 Å². The fraction of sp³-hybridized carbons (Fsp3) is 0.529. The monoisotopic (exact) mass is 381 g/mol. The first-order valence-electron chi connectivity index (χ1n) is 8.12. The fourth-order valence-corrected chi connectivity index (χ4v) is 3.47. The second-order valence-corrected chi connectivity index (χ2v) is 7.04. The lowest BCUT2D eigenvalue weighted by Crippen LogP contribution is -2.37. The van der Waals surface area contributed by atoms with Crippen LogP contribution in [0.5, 0.6) is 0 Å². The van der Waals surface area contributed by atoms with Crippen molar-refractivity contribution < 1.29 is 9.59 Å². The molecule has 0 aromatic heterocycles. The summed E-state index contributed by atoms with van der Waals surface area (Å²) in [6.45, 7) is 0.723. The molecule has 126 valence electrons. The smallest absolute Gasteiger partial charge is 0.312 e.